The third kappa shape index (κ3) is 2.31. The maximum absolute atomic E-state index is 5.70. The van der Waals surface area contributed by atoms with E-state index in [1.54, 1.807) is 0 Å². The first-order chi connectivity index (χ1) is 8.52. The SMILES string of the molecule is Cc1cc(CCN)c2nc(C)cc(N(C)C)c2c1. The highest BCUT2D eigenvalue weighted by Gasteiger charge is 2.10. The van der Waals surface area contributed by atoms with Gasteiger partial charge >= 0.3 is 0 Å². The fourth-order valence-corrected chi connectivity index (χ4v) is 2.38. The van der Waals surface area contributed by atoms with E-state index in [-0.39, 0.29) is 0 Å². The van der Waals surface area contributed by atoms with Crippen LogP contribution in [-0.2, 0) is 6.42 Å². The summed E-state index contributed by atoms with van der Waals surface area (Å²) in [7, 11) is 4.14. The van der Waals surface area contributed by atoms with Crippen LogP contribution in [0.3, 0.4) is 0 Å². The third-order valence-electron chi connectivity index (χ3n) is 3.14. The minimum Gasteiger partial charge on any atom is -0.377 e. The minimum atomic E-state index is 0.658. The lowest BCUT2D eigenvalue weighted by Gasteiger charge is -2.18. The van der Waals surface area contributed by atoms with Gasteiger partial charge in [0, 0.05) is 30.9 Å². The molecule has 1 aromatic heterocycles. The predicted octanol–water partition coefficient (Wildman–Crippen LogP) is 2.42. The molecule has 0 amide bonds. The zero-order valence-electron chi connectivity index (χ0n) is 11.6. The molecule has 2 rings (SSSR count). The zero-order valence-corrected chi connectivity index (χ0v) is 11.6. The number of fused-ring (bicyclic) bond motifs is 1. The van der Waals surface area contributed by atoms with Crippen molar-refractivity contribution >= 4 is 16.6 Å². The largest absolute Gasteiger partial charge is 0.377 e. The number of aryl methyl sites for hydroxylation is 2. The number of rotatable bonds is 3. The van der Waals surface area contributed by atoms with Gasteiger partial charge in [-0.1, -0.05) is 11.6 Å². The third-order valence-corrected chi connectivity index (χ3v) is 3.14. The Bertz CT molecular complexity index is 573. The molecule has 2 aromatic rings. The smallest absolute Gasteiger partial charge is 0.0758 e. The molecule has 0 fully saturated rings. The second kappa shape index (κ2) is 4.94. The van der Waals surface area contributed by atoms with E-state index in [9.17, 15) is 0 Å². The second-order valence-electron chi connectivity index (χ2n) is 5.04. The summed E-state index contributed by atoms with van der Waals surface area (Å²) in [6, 6.07) is 6.53. The van der Waals surface area contributed by atoms with E-state index in [1.165, 1.54) is 22.2 Å². The van der Waals surface area contributed by atoms with Gasteiger partial charge in [-0.25, -0.2) is 0 Å². The van der Waals surface area contributed by atoms with E-state index >= 15 is 0 Å². The molecule has 2 N–H and O–H groups in total. The number of aromatic nitrogens is 1. The molecule has 3 nitrogen and oxygen atoms in total. The van der Waals surface area contributed by atoms with Crippen LogP contribution in [0.2, 0.25) is 0 Å². The van der Waals surface area contributed by atoms with Gasteiger partial charge in [0.1, 0.15) is 0 Å². The van der Waals surface area contributed by atoms with Gasteiger partial charge in [0.05, 0.1) is 5.52 Å². The average Bonchev–Trinajstić information content (AvgIpc) is 2.29. The Balaban J connectivity index is 2.80. The minimum absolute atomic E-state index is 0.658. The van der Waals surface area contributed by atoms with Crippen molar-refractivity contribution in [3.05, 3.63) is 35.0 Å². The Morgan fingerprint density at radius 2 is 1.89 bits per heavy atom. The summed E-state index contributed by atoms with van der Waals surface area (Å²) in [5.74, 6) is 0. The van der Waals surface area contributed by atoms with E-state index in [1.807, 2.05) is 6.92 Å². The molecular formula is C15H21N3. The topological polar surface area (TPSA) is 42.1 Å². The van der Waals surface area contributed by atoms with Crippen LogP contribution in [-0.4, -0.2) is 25.6 Å². The first-order valence-corrected chi connectivity index (χ1v) is 6.31. The molecule has 0 saturated heterocycles. The van der Waals surface area contributed by atoms with Gasteiger partial charge in [0.25, 0.3) is 0 Å². The summed E-state index contributed by atoms with van der Waals surface area (Å²) in [6.45, 7) is 4.82. The molecule has 0 atom stereocenters. The number of nitrogens with two attached hydrogens (primary N) is 1. The van der Waals surface area contributed by atoms with Crippen LogP contribution < -0.4 is 10.6 Å². The number of hydrogen-bond donors (Lipinski definition) is 1. The van der Waals surface area contributed by atoms with E-state index < -0.39 is 0 Å². The maximum atomic E-state index is 5.70. The van der Waals surface area contributed by atoms with E-state index in [4.69, 9.17) is 10.7 Å². The Labute approximate surface area is 109 Å². The highest BCUT2D eigenvalue weighted by atomic mass is 15.1. The Morgan fingerprint density at radius 1 is 1.17 bits per heavy atom. The maximum Gasteiger partial charge on any atom is 0.0758 e. The summed E-state index contributed by atoms with van der Waals surface area (Å²) in [5.41, 5.74) is 11.6. The van der Waals surface area contributed by atoms with Crippen molar-refractivity contribution in [2.45, 2.75) is 20.3 Å². The standard InChI is InChI=1S/C15H21N3/c1-10-7-12(5-6-16)15-13(8-10)14(18(3)4)9-11(2)17-15/h7-9H,5-6,16H2,1-4H3. The molecule has 18 heavy (non-hydrogen) atoms. The quantitative estimate of drug-likeness (QED) is 0.900. The lowest BCUT2D eigenvalue weighted by atomic mass is 10.0. The summed E-state index contributed by atoms with van der Waals surface area (Å²) in [4.78, 5) is 6.84. The second-order valence-corrected chi connectivity index (χ2v) is 5.04. The van der Waals surface area contributed by atoms with Gasteiger partial charge in [-0.05, 0) is 44.5 Å². The van der Waals surface area contributed by atoms with Gasteiger partial charge in [0.2, 0.25) is 0 Å². The number of hydrogen-bond acceptors (Lipinski definition) is 3. The Kier molecular flexibility index (Phi) is 3.53. The van der Waals surface area contributed by atoms with Crippen molar-refractivity contribution in [3.63, 3.8) is 0 Å². The number of anilines is 1. The molecule has 0 aliphatic rings. The molecule has 0 aliphatic carbocycles. The summed E-state index contributed by atoms with van der Waals surface area (Å²) < 4.78 is 0. The normalized spacial score (nSPS) is 10.9. The van der Waals surface area contributed by atoms with Crippen LogP contribution in [0.25, 0.3) is 10.9 Å². The molecule has 0 unspecified atom stereocenters. The molecular weight excluding hydrogens is 222 g/mol. The number of benzene rings is 1. The highest BCUT2D eigenvalue weighted by Crippen LogP contribution is 2.29. The summed E-state index contributed by atoms with van der Waals surface area (Å²) in [6.07, 6.45) is 0.876. The van der Waals surface area contributed by atoms with Crippen molar-refractivity contribution < 1.29 is 0 Å². The van der Waals surface area contributed by atoms with E-state index in [2.05, 4.69) is 44.1 Å². The highest BCUT2D eigenvalue weighted by molar-refractivity contribution is 5.94. The van der Waals surface area contributed by atoms with E-state index in [0.29, 0.717) is 6.54 Å². The Morgan fingerprint density at radius 3 is 2.50 bits per heavy atom. The van der Waals surface area contributed by atoms with Gasteiger partial charge in [0.15, 0.2) is 0 Å². The molecule has 0 radical (unpaired) electrons. The lowest BCUT2D eigenvalue weighted by Crippen LogP contribution is -2.11. The van der Waals surface area contributed by atoms with Crippen molar-refractivity contribution in [1.29, 1.82) is 0 Å². The monoisotopic (exact) mass is 243 g/mol. The Hall–Kier alpha value is -1.61. The molecule has 0 bridgehead atoms. The van der Waals surface area contributed by atoms with Gasteiger partial charge in [-0.2, -0.15) is 0 Å². The predicted molar refractivity (Wildman–Crippen MR) is 78.3 cm³/mol. The molecule has 0 aliphatic heterocycles. The van der Waals surface area contributed by atoms with Crippen molar-refractivity contribution in [2.24, 2.45) is 5.73 Å². The van der Waals surface area contributed by atoms with Gasteiger partial charge < -0.3 is 10.6 Å². The van der Waals surface area contributed by atoms with E-state index in [0.717, 1.165) is 17.6 Å². The van der Waals surface area contributed by atoms with Crippen LogP contribution in [0.4, 0.5) is 5.69 Å². The van der Waals surface area contributed by atoms with Crippen molar-refractivity contribution in [3.8, 4) is 0 Å². The van der Waals surface area contributed by atoms with Crippen LogP contribution in [0.5, 0.6) is 0 Å². The average molecular weight is 243 g/mol. The fraction of sp³-hybridized carbons (Fsp3) is 0.400. The molecule has 1 aromatic carbocycles. The van der Waals surface area contributed by atoms with Gasteiger partial charge in [-0.15, -0.1) is 0 Å². The van der Waals surface area contributed by atoms with Crippen LogP contribution in [0, 0.1) is 13.8 Å². The van der Waals surface area contributed by atoms with Crippen molar-refractivity contribution in [2.75, 3.05) is 25.5 Å². The number of nitrogens with zero attached hydrogens (tertiary/aromatic N) is 2. The zero-order chi connectivity index (χ0) is 13.3. The van der Waals surface area contributed by atoms with Gasteiger partial charge in [-0.3, -0.25) is 4.98 Å². The first-order valence-electron chi connectivity index (χ1n) is 6.31. The molecule has 0 spiro atoms. The molecule has 96 valence electrons. The van der Waals surface area contributed by atoms with Crippen LogP contribution in [0.15, 0.2) is 18.2 Å². The molecule has 3 heteroatoms. The summed E-state index contributed by atoms with van der Waals surface area (Å²) in [5, 5.41) is 1.22. The molecule has 1 heterocycles. The van der Waals surface area contributed by atoms with Crippen molar-refractivity contribution in [1.82, 2.24) is 4.98 Å². The molecule has 0 saturated carbocycles. The fourth-order valence-electron chi connectivity index (χ4n) is 2.38. The van der Waals surface area contributed by atoms with Crippen LogP contribution in [0.1, 0.15) is 16.8 Å². The number of pyridine rings is 1. The summed E-state index contributed by atoms with van der Waals surface area (Å²) >= 11 is 0. The van der Waals surface area contributed by atoms with Crippen LogP contribution >= 0.6 is 0 Å². The first kappa shape index (κ1) is 12.8. The lowest BCUT2D eigenvalue weighted by molar-refractivity contribution is 0.969.